The molecule has 2 fully saturated rings. The van der Waals surface area contributed by atoms with Gasteiger partial charge in [0, 0.05) is 30.5 Å². The molecule has 30 heavy (non-hydrogen) atoms. The zero-order valence-electron chi connectivity index (χ0n) is 16.6. The van der Waals surface area contributed by atoms with E-state index in [9.17, 15) is 31.1 Å². The molecule has 10 heteroatoms. The summed E-state index contributed by atoms with van der Waals surface area (Å²) in [7, 11) is 0. The number of nitrogens with one attached hydrogen (secondary N) is 2. The first kappa shape index (κ1) is 22.9. The minimum atomic E-state index is -4.90. The third kappa shape index (κ3) is 5.08. The second kappa shape index (κ2) is 7.71. The van der Waals surface area contributed by atoms with E-state index in [0.29, 0.717) is 38.1 Å². The fourth-order valence-corrected chi connectivity index (χ4v) is 3.91. The standard InChI is InChI=1S/C20H24F6N2O2/c1-12(13-5-14(19(21,22)23)7-15(6-13)20(24,25)26)30-11-17(2)3-4-18(10-28-17)8-16(29)27-9-18/h5-7,12,28H,3-4,8-11H2,1-2H3,(H,27,29)/t12-,17-,18-/m1/s1. The van der Waals surface area contributed by atoms with Gasteiger partial charge in [0.25, 0.3) is 0 Å². The number of carbonyl (C=O) groups is 1. The maximum atomic E-state index is 13.1. The molecule has 3 atom stereocenters. The average molecular weight is 438 g/mol. The molecule has 2 aliphatic heterocycles. The topological polar surface area (TPSA) is 50.4 Å². The molecule has 1 aromatic rings. The van der Waals surface area contributed by atoms with Gasteiger partial charge in [-0.3, -0.25) is 4.79 Å². The SMILES string of the molecule is C[C@@H](OC[C@@]1(C)CC[C@@]2(CNC(=O)C2)CN1)c1cc(C(F)(F)F)cc(C(F)(F)F)c1. The summed E-state index contributed by atoms with van der Waals surface area (Å²) in [5.41, 5.74) is -3.53. The normalized spacial score (nSPS) is 28.6. The lowest BCUT2D eigenvalue weighted by Gasteiger charge is -2.43. The summed E-state index contributed by atoms with van der Waals surface area (Å²) in [4.78, 5) is 11.5. The molecule has 0 aliphatic carbocycles. The monoisotopic (exact) mass is 438 g/mol. The van der Waals surface area contributed by atoms with Crippen LogP contribution in [0.3, 0.4) is 0 Å². The smallest absolute Gasteiger partial charge is 0.372 e. The van der Waals surface area contributed by atoms with E-state index in [0.717, 1.165) is 6.42 Å². The maximum Gasteiger partial charge on any atom is 0.416 e. The number of carbonyl (C=O) groups excluding carboxylic acids is 1. The lowest BCUT2D eigenvalue weighted by atomic mass is 9.74. The van der Waals surface area contributed by atoms with Gasteiger partial charge in [0.2, 0.25) is 5.91 Å². The number of piperidine rings is 1. The van der Waals surface area contributed by atoms with Crippen LogP contribution >= 0.6 is 0 Å². The maximum absolute atomic E-state index is 13.1. The third-order valence-electron chi connectivity index (χ3n) is 6.02. The molecule has 2 N–H and O–H groups in total. The molecule has 0 radical (unpaired) electrons. The van der Waals surface area contributed by atoms with E-state index >= 15 is 0 Å². The summed E-state index contributed by atoms with van der Waals surface area (Å²) in [5.74, 6) is 0.00953. The summed E-state index contributed by atoms with van der Waals surface area (Å²) < 4.78 is 84.1. The van der Waals surface area contributed by atoms with Crippen molar-refractivity contribution in [2.24, 2.45) is 5.41 Å². The Morgan fingerprint density at radius 2 is 1.63 bits per heavy atom. The minimum absolute atomic E-state index is 0.00953. The molecule has 0 bridgehead atoms. The van der Waals surface area contributed by atoms with Gasteiger partial charge in [-0.1, -0.05) is 0 Å². The Hall–Kier alpha value is -1.81. The zero-order chi connectivity index (χ0) is 22.4. The zero-order valence-corrected chi connectivity index (χ0v) is 16.6. The Bertz CT molecular complexity index is 765. The number of ether oxygens (including phenoxy) is 1. The molecule has 0 aromatic heterocycles. The van der Waals surface area contributed by atoms with Crippen LogP contribution in [0.2, 0.25) is 0 Å². The number of halogens is 6. The second-order valence-corrected chi connectivity index (χ2v) is 8.66. The molecule has 1 spiro atoms. The first-order chi connectivity index (χ1) is 13.7. The fourth-order valence-electron chi connectivity index (χ4n) is 3.91. The van der Waals surface area contributed by atoms with Gasteiger partial charge in [-0.2, -0.15) is 26.3 Å². The fraction of sp³-hybridized carbons (Fsp3) is 0.650. The highest BCUT2D eigenvalue weighted by molar-refractivity contribution is 5.79. The molecule has 0 unspecified atom stereocenters. The van der Waals surface area contributed by atoms with Gasteiger partial charge in [0.05, 0.1) is 23.8 Å². The Balaban J connectivity index is 1.69. The number of hydrogen-bond acceptors (Lipinski definition) is 3. The van der Waals surface area contributed by atoms with Crippen molar-refractivity contribution in [2.45, 2.75) is 57.1 Å². The Morgan fingerprint density at radius 1 is 1.03 bits per heavy atom. The van der Waals surface area contributed by atoms with Gasteiger partial charge in [0.15, 0.2) is 0 Å². The van der Waals surface area contributed by atoms with E-state index in [2.05, 4.69) is 10.6 Å². The van der Waals surface area contributed by atoms with Crippen LogP contribution in [-0.4, -0.2) is 31.1 Å². The number of benzene rings is 1. The first-order valence-electron chi connectivity index (χ1n) is 9.64. The molecule has 2 aliphatic rings. The highest BCUT2D eigenvalue weighted by atomic mass is 19.4. The van der Waals surface area contributed by atoms with E-state index < -0.39 is 35.1 Å². The summed E-state index contributed by atoms with van der Waals surface area (Å²) in [6.07, 6.45) is -8.86. The Kier molecular flexibility index (Phi) is 5.87. The largest absolute Gasteiger partial charge is 0.416 e. The van der Waals surface area contributed by atoms with Crippen molar-refractivity contribution in [1.82, 2.24) is 10.6 Å². The van der Waals surface area contributed by atoms with Crippen molar-refractivity contribution >= 4 is 5.91 Å². The van der Waals surface area contributed by atoms with Crippen molar-refractivity contribution < 1.29 is 35.9 Å². The van der Waals surface area contributed by atoms with Crippen molar-refractivity contribution in [1.29, 1.82) is 0 Å². The molecule has 2 heterocycles. The van der Waals surface area contributed by atoms with Crippen molar-refractivity contribution in [3.05, 3.63) is 34.9 Å². The van der Waals surface area contributed by atoms with Crippen LogP contribution in [0.4, 0.5) is 26.3 Å². The van der Waals surface area contributed by atoms with Crippen molar-refractivity contribution in [2.75, 3.05) is 19.7 Å². The predicted molar refractivity (Wildman–Crippen MR) is 96.5 cm³/mol. The molecule has 1 aromatic carbocycles. The minimum Gasteiger partial charge on any atom is -0.372 e. The van der Waals surface area contributed by atoms with Crippen molar-refractivity contribution in [3.63, 3.8) is 0 Å². The lowest BCUT2D eigenvalue weighted by Crippen LogP contribution is -2.56. The number of amides is 1. The molecule has 0 saturated carbocycles. The van der Waals surface area contributed by atoms with Gasteiger partial charge in [-0.05, 0) is 50.5 Å². The predicted octanol–water partition coefficient (Wildman–Crippen LogP) is 4.45. The van der Waals surface area contributed by atoms with Crippen LogP contribution in [0.25, 0.3) is 0 Å². The van der Waals surface area contributed by atoms with E-state index in [1.807, 2.05) is 6.92 Å². The molecule has 1 amide bonds. The number of alkyl halides is 6. The summed E-state index contributed by atoms with van der Waals surface area (Å²) in [6, 6.07) is 1.50. The highest BCUT2D eigenvalue weighted by Gasteiger charge is 2.45. The molecular weight excluding hydrogens is 414 g/mol. The molecular formula is C20H24F6N2O2. The van der Waals surface area contributed by atoms with Crippen LogP contribution in [0.1, 0.15) is 55.9 Å². The molecule has 168 valence electrons. The molecule has 4 nitrogen and oxygen atoms in total. The molecule has 3 rings (SSSR count). The Labute approximate surface area is 170 Å². The van der Waals surface area contributed by atoms with Crippen LogP contribution in [0.5, 0.6) is 0 Å². The summed E-state index contributed by atoms with van der Waals surface area (Å²) >= 11 is 0. The molecule has 2 saturated heterocycles. The van der Waals surface area contributed by atoms with Crippen LogP contribution in [0.15, 0.2) is 18.2 Å². The van der Waals surface area contributed by atoms with Gasteiger partial charge in [-0.15, -0.1) is 0 Å². The van der Waals surface area contributed by atoms with Gasteiger partial charge >= 0.3 is 12.4 Å². The van der Waals surface area contributed by atoms with Crippen LogP contribution < -0.4 is 10.6 Å². The van der Waals surface area contributed by atoms with E-state index in [-0.39, 0.29) is 29.6 Å². The van der Waals surface area contributed by atoms with E-state index in [1.54, 1.807) is 0 Å². The highest BCUT2D eigenvalue weighted by Crippen LogP contribution is 2.40. The van der Waals surface area contributed by atoms with Crippen LogP contribution in [-0.2, 0) is 21.9 Å². The number of hydrogen-bond donors (Lipinski definition) is 2. The Morgan fingerprint density at radius 3 is 2.07 bits per heavy atom. The second-order valence-electron chi connectivity index (χ2n) is 8.66. The lowest BCUT2D eigenvalue weighted by molar-refractivity contribution is -0.143. The van der Waals surface area contributed by atoms with Crippen molar-refractivity contribution in [3.8, 4) is 0 Å². The first-order valence-corrected chi connectivity index (χ1v) is 9.64. The van der Waals surface area contributed by atoms with Gasteiger partial charge in [-0.25, -0.2) is 0 Å². The van der Waals surface area contributed by atoms with E-state index in [4.69, 9.17) is 4.74 Å². The average Bonchev–Trinajstić information content (AvgIpc) is 3.02. The summed E-state index contributed by atoms with van der Waals surface area (Å²) in [5, 5.41) is 6.17. The number of rotatable bonds is 4. The third-order valence-corrected chi connectivity index (χ3v) is 6.02. The van der Waals surface area contributed by atoms with Gasteiger partial charge < -0.3 is 15.4 Å². The van der Waals surface area contributed by atoms with Gasteiger partial charge in [0.1, 0.15) is 0 Å². The van der Waals surface area contributed by atoms with Crippen LogP contribution in [0, 0.1) is 5.41 Å². The quantitative estimate of drug-likeness (QED) is 0.683. The summed E-state index contributed by atoms with van der Waals surface area (Å²) in [6.45, 7) is 4.62. The van der Waals surface area contributed by atoms with E-state index in [1.165, 1.54) is 6.92 Å².